The third-order valence-corrected chi connectivity index (χ3v) is 3.59. The second-order valence-electron chi connectivity index (χ2n) is 5.78. The molecule has 5 heteroatoms. The van der Waals surface area contributed by atoms with Gasteiger partial charge in [-0.15, -0.1) is 0 Å². The van der Waals surface area contributed by atoms with Crippen LogP contribution in [-0.4, -0.2) is 10.9 Å². The minimum Gasteiger partial charge on any atom is -0.354 e. The quantitative estimate of drug-likeness (QED) is 0.724. The number of amides is 1. The number of aryl methyl sites for hydroxylation is 1. The van der Waals surface area contributed by atoms with Crippen LogP contribution in [-0.2, 0) is 11.2 Å². The fourth-order valence-corrected chi connectivity index (χ4v) is 2.47. The molecule has 0 aliphatic carbocycles. The highest BCUT2D eigenvalue weighted by Crippen LogP contribution is 2.18. The van der Waals surface area contributed by atoms with Gasteiger partial charge in [-0.2, -0.15) is 0 Å². The summed E-state index contributed by atoms with van der Waals surface area (Å²) in [5.74, 6) is 0.0457. The molecular formula is C20H18FN3O. The molecule has 126 valence electrons. The molecule has 0 aliphatic heterocycles. The topological polar surface area (TPSA) is 54.0 Å². The van der Waals surface area contributed by atoms with Gasteiger partial charge in [0, 0.05) is 5.69 Å². The Morgan fingerprint density at radius 1 is 1.04 bits per heavy atom. The third kappa shape index (κ3) is 4.88. The lowest BCUT2D eigenvalue weighted by Gasteiger charge is -2.08. The SMILES string of the molecule is Cc1cccc(CC(=O)Nc2ccc(Nc3cccc(F)c3)cn2)c1. The lowest BCUT2D eigenvalue weighted by Crippen LogP contribution is -2.15. The van der Waals surface area contributed by atoms with Gasteiger partial charge in [0.15, 0.2) is 0 Å². The van der Waals surface area contributed by atoms with E-state index in [-0.39, 0.29) is 11.7 Å². The van der Waals surface area contributed by atoms with Crippen LogP contribution in [0.1, 0.15) is 11.1 Å². The van der Waals surface area contributed by atoms with E-state index in [1.54, 1.807) is 30.5 Å². The van der Waals surface area contributed by atoms with Crippen LogP contribution in [0, 0.1) is 12.7 Å². The summed E-state index contributed by atoms with van der Waals surface area (Å²) < 4.78 is 13.2. The van der Waals surface area contributed by atoms with Crippen LogP contribution in [0.3, 0.4) is 0 Å². The maximum atomic E-state index is 13.2. The van der Waals surface area contributed by atoms with Crippen molar-refractivity contribution >= 4 is 23.1 Å². The maximum Gasteiger partial charge on any atom is 0.229 e. The number of hydrogen-bond donors (Lipinski definition) is 2. The number of carbonyl (C=O) groups is 1. The number of nitrogens with zero attached hydrogens (tertiary/aromatic N) is 1. The third-order valence-electron chi connectivity index (χ3n) is 3.59. The summed E-state index contributed by atoms with van der Waals surface area (Å²) in [4.78, 5) is 16.3. The zero-order valence-electron chi connectivity index (χ0n) is 13.8. The smallest absolute Gasteiger partial charge is 0.229 e. The Hall–Kier alpha value is -3.21. The molecule has 0 fully saturated rings. The van der Waals surface area contributed by atoms with Crippen LogP contribution >= 0.6 is 0 Å². The van der Waals surface area contributed by atoms with Crippen molar-refractivity contribution in [2.24, 2.45) is 0 Å². The van der Waals surface area contributed by atoms with Gasteiger partial charge in [-0.1, -0.05) is 35.9 Å². The number of rotatable bonds is 5. The van der Waals surface area contributed by atoms with E-state index >= 15 is 0 Å². The molecule has 0 atom stereocenters. The molecule has 0 saturated heterocycles. The van der Waals surface area contributed by atoms with Gasteiger partial charge < -0.3 is 10.6 Å². The van der Waals surface area contributed by atoms with Crippen LogP contribution in [0.4, 0.5) is 21.6 Å². The normalized spacial score (nSPS) is 10.3. The molecule has 2 N–H and O–H groups in total. The van der Waals surface area contributed by atoms with Crippen molar-refractivity contribution in [1.82, 2.24) is 4.98 Å². The largest absolute Gasteiger partial charge is 0.354 e. The Bertz CT molecular complexity index is 878. The van der Waals surface area contributed by atoms with Gasteiger partial charge in [0.2, 0.25) is 5.91 Å². The molecule has 3 rings (SSSR count). The van der Waals surface area contributed by atoms with E-state index < -0.39 is 0 Å². The van der Waals surface area contributed by atoms with E-state index in [1.807, 2.05) is 31.2 Å². The lowest BCUT2D eigenvalue weighted by atomic mass is 10.1. The van der Waals surface area contributed by atoms with Crippen molar-refractivity contribution in [3.8, 4) is 0 Å². The van der Waals surface area contributed by atoms with Gasteiger partial charge in [-0.3, -0.25) is 4.79 Å². The van der Waals surface area contributed by atoms with Crippen LogP contribution in [0.5, 0.6) is 0 Å². The monoisotopic (exact) mass is 335 g/mol. The first-order chi connectivity index (χ1) is 12.1. The molecule has 1 heterocycles. The molecule has 0 aliphatic rings. The Morgan fingerprint density at radius 2 is 1.88 bits per heavy atom. The molecule has 0 radical (unpaired) electrons. The fourth-order valence-electron chi connectivity index (χ4n) is 2.47. The Labute approximate surface area is 145 Å². The van der Waals surface area contributed by atoms with Gasteiger partial charge in [-0.05, 0) is 42.8 Å². The second-order valence-corrected chi connectivity index (χ2v) is 5.78. The molecule has 1 aromatic heterocycles. The minimum atomic E-state index is -0.307. The second kappa shape index (κ2) is 7.57. The van der Waals surface area contributed by atoms with Crippen LogP contribution < -0.4 is 10.6 Å². The summed E-state index contributed by atoms with van der Waals surface area (Å²) in [6.45, 7) is 1.99. The van der Waals surface area contributed by atoms with E-state index in [0.717, 1.165) is 11.1 Å². The Morgan fingerprint density at radius 3 is 2.60 bits per heavy atom. The summed E-state index contributed by atoms with van der Waals surface area (Å²) in [5.41, 5.74) is 3.43. The molecule has 0 saturated carbocycles. The first kappa shape index (κ1) is 16.6. The minimum absolute atomic E-state index is 0.121. The van der Waals surface area contributed by atoms with Gasteiger partial charge in [0.25, 0.3) is 0 Å². The van der Waals surface area contributed by atoms with Crippen LogP contribution in [0.25, 0.3) is 0 Å². The highest BCUT2D eigenvalue weighted by molar-refractivity contribution is 5.91. The summed E-state index contributed by atoms with van der Waals surface area (Å²) >= 11 is 0. The van der Waals surface area contributed by atoms with Crippen LogP contribution in [0.15, 0.2) is 66.9 Å². The van der Waals surface area contributed by atoms with Crippen molar-refractivity contribution < 1.29 is 9.18 Å². The zero-order chi connectivity index (χ0) is 17.6. The van der Waals surface area contributed by atoms with Crippen molar-refractivity contribution in [1.29, 1.82) is 0 Å². The van der Waals surface area contributed by atoms with Crippen LogP contribution in [0.2, 0.25) is 0 Å². The molecule has 4 nitrogen and oxygen atoms in total. The zero-order valence-corrected chi connectivity index (χ0v) is 13.8. The van der Waals surface area contributed by atoms with Gasteiger partial charge in [0.1, 0.15) is 11.6 Å². The fraction of sp³-hybridized carbons (Fsp3) is 0.100. The number of anilines is 3. The molecule has 25 heavy (non-hydrogen) atoms. The van der Waals surface area contributed by atoms with Gasteiger partial charge >= 0.3 is 0 Å². The van der Waals surface area contributed by atoms with E-state index in [2.05, 4.69) is 15.6 Å². The number of carbonyl (C=O) groups excluding carboxylic acids is 1. The Balaban J connectivity index is 1.59. The highest BCUT2D eigenvalue weighted by Gasteiger charge is 2.05. The first-order valence-corrected chi connectivity index (χ1v) is 7.92. The molecule has 0 unspecified atom stereocenters. The number of aromatic nitrogens is 1. The van der Waals surface area contributed by atoms with Gasteiger partial charge in [0.05, 0.1) is 18.3 Å². The highest BCUT2D eigenvalue weighted by atomic mass is 19.1. The molecule has 2 aromatic carbocycles. The number of halogens is 1. The predicted octanol–water partition coefficient (Wildman–Crippen LogP) is 4.45. The van der Waals surface area contributed by atoms with E-state index in [4.69, 9.17) is 0 Å². The van der Waals surface area contributed by atoms with Gasteiger partial charge in [-0.25, -0.2) is 9.37 Å². The number of pyridine rings is 1. The number of nitrogens with one attached hydrogen (secondary N) is 2. The summed E-state index contributed by atoms with van der Waals surface area (Å²) in [6.07, 6.45) is 1.89. The average Bonchev–Trinajstić information content (AvgIpc) is 2.57. The van der Waals surface area contributed by atoms with Crippen molar-refractivity contribution in [3.63, 3.8) is 0 Å². The van der Waals surface area contributed by atoms with E-state index in [0.29, 0.717) is 23.6 Å². The summed E-state index contributed by atoms with van der Waals surface area (Å²) in [5, 5.41) is 5.83. The van der Waals surface area contributed by atoms with E-state index in [1.165, 1.54) is 12.1 Å². The lowest BCUT2D eigenvalue weighted by molar-refractivity contribution is -0.115. The molecule has 1 amide bonds. The molecular weight excluding hydrogens is 317 g/mol. The Kier molecular flexibility index (Phi) is 5.04. The molecule has 3 aromatic rings. The summed E-state index contributed by atoms with van der Waals surface area (Å²) in [6, 6.07) is 17.5. The van der Waals surface area contributed by atoms with E-state index in [9.17, 15) is 9.18 Å². The standard InChI is InChI=1S/C20H18FN3O/c1-14-4-2-5-15(10-14)11-20(25)24-19-9-8-18(13-22-19)23-17-7-3-6-16(21)12-17/h2-10,12-13,23H,11H2,1H3,(H,22,24,25). The maximum absolute atomic E-state index is 13.2. The molecule has 0 spiro atoms. The number of benzene rings is 2. The number of hydrogen-bond acceptors (Lipinski definition) is 3. The first-order valence-electron chi connectivity index (χ1n) is 7.92. The van der Waals surface area contributed by atoms with Crippen molar-refractivity contribution in [2.45, 2.75) is 13.3 Å². The average molecular weight is 335 g/mol. The predicted molar refractivity (Wildman–Crippen MR) is 97.4 cm³/mol. The molecule has 0 bridgehead atoms. The summed E-state index contributed by atoms with van der Waals surface area (Å²) in [7, 11) is 0. The van der Waals surface area contributed by atoms with Crippen molar-refractivity contribution in [2.75, 3.05) is 10.6 Å². The van der Waals surface area contributed by atoms with Crippen molar-refractivity contribution in [3.05, 3.63) is 83.8 Å².